The van der Waals surface area contributed by atoms with E-state index in [2.05, 4.69) is 31.0 Å². The van der Waals surface area contributed by atoms with Crippen LogP contribution in [0.15, 0.2) is 65.9 Å². The lowest BCUT2D eigenvalue weighted by atomic mass is 9.85. The van der Waals surface area contributed by atoms with Crippen molar-refractivity contribution in [2.45, 2.75) is 39.2 Å². The number of hydrogen-bond acceptors (Lipinski definition) is 5. The summed E-state index contributed by atoms with van der Waals surface area (Å²) in [6.07, 6.45) is 0. The van der Waals surface area contributed by atoms with E-state index in [-0.39, 0.29) is 24.0 Å². The van der Waals surface area contributed by atoms with Crippen molar-refractivity contribution < 1.29 is 19.1 Å². The number of amides is 3. The molecule has 1 fully saturated rings. The molecule has 2 aromatic carbocycles. The highest BCUT2D eigenvalue weighted by atomic mass is 16.5. The number of carbonyl (C=O) groups excluding carboxylic acids is 3. The molecule has 2 aliphatic heterocycles. The third-order valence-electron chi connectivity index (χ3n) is 7.24. The Kier molecular flexibility index (Phi) is 8.21. The van der Waals surface area contributed by atoms with Gasteiger partial charge in [-0.1, -0.05) is 63.2 Å². The molecule has 202 valence electrons. The molecule has 2 aromatic rings. The number of urea groups is 1. The number of esters is 1. The van der Waals surface area contributed by atoms with E-state index in [4.69, 9.17) is 4.74 Å². The Morgan fingerprint density at radius 1 is 0.974 bits per heavy atom. The number of likely N-dealkylation sites (N-methyl/N-ethyl adjacent to an activating group) is 1. The first kappa shape index (κ1) is 27.4. The number of nitrogens with zero attached hydrogens (tertiary/aromatic N) is 3. The maximum absolute atomic E-state index is 13.3. The summed E-state index contributed by atoms with van der Waals surface area (Å²) in [7, 11) is 1.68. The number of ether oxygens (including phenoxy) is 1. The Morgan fingerprint density at radius 3 is 2.18 bits per heavy atom. The van der Waals surface area contributed by atoms with Crippen molar-refractivity contribution in [3.05, 3.63) is 82.6 Å². The van der Waals surface area contributed by atoms with Gasteiger partial charge < -0.3 is 15.0 Å². The first-order valence-electron chi connectivity index (χ1n) is 13.2. The third-order valence-corrected chi connectivity index (χ3v) is 7.24. The highest BCUT2D eigenvalue weighted by Crippen LogP contribution is 2.33. The smallest absolute Gasteiger partial charge is 0.338 e. The van der Waals surface area contributed by atoms with E-state index in [0.29, 0.717) is 49.6 Å². The van der Waals surface area contributed by atoms with Crippen LogP contribution in [-0.4, -0.2) is 79.0 Å². The van der Waals surface area contributed by atoms with Crippen LogP contribution in [0.1, 0.15) is 55.2 Å². The second-order valence-electron chi connectivity index (χ2n) is 10.8. The highest BCUT2D eigenvalue weighted by Gasteiger charge is 2.38. The van der Waals surface area contributed by atoms with Crippen molar-refractivity contribution in [3.63, 3.8) is 0 Å². The fraction of sp³-hybridized carbons (Fsp3) is 0.433. The molecule has 38 heavy (non-hydrogen) atoms. The van der Waals surface area contributed by atoms with Gasteiger partial charge in [0.1, 0.15) is 0 Å². The summed E-state index contributed by atoms with van der Waals surface area (Å²) in [4.78, 5) is 44.7. The van der Waals surface area contributed by atoms with Gasteiger partial charge in [-0.3, -0.25) is 14.6 Å². The number of hydrogen-bond donors (Lipinski definition) is 1. The predicted molar refractivity (Wildman–Crippen MR) is 147 cm³/mol. The van der Waals surface area contributed by atoms with Gasteiger partial charge in [-0.25, -0.2) is 9.59 Å². The number of piperazine rings is 1. The number of carbonyl (C=O) groups is 3. The molecule has 1 atom stereocenters. The van der Waals surface area contributed by atoms with Crippen LogP contribution in [-0.2, 0) is 14.9 Å². The van der Waals surface area contributed by atoms with Crippen molar-refractivity contribution >= 4 is 17.9 Å². The standard InChI is InChI=1S/C30H38N4O4/c1-6-38-28(36)25-24(20-33-16-18-34(19-17-33)27(35)22-10-8-7-9-11-22)32(5)29(37)31-26(25)21-12-14-23(15-13-21)30(2,3)4/h7-15,26H,6,16-20H2,1-5H3,(H,31,37)/t26-/m0/s1. The molecule has 8 nitrogen and oxygen atoms in total. The third kappa shape index (κ3) is 5.91. The molecule has 3 amide bonds. The van der Waals surface area contributed by atoms with Gasteiger partial charge >= 0.3 is 12.0 Å². The van der Waals surface area contributed by atoms with Crippen LogP contribution in [0.25, 0.3) is 0 Å². The summed E-state index contributed by atoms with van der Waals surface area (Å²) in [6.45, 7) is 11.3. The fourth-order valence-corrected chi connectivity index (χ4v) is 4.91. The van der Waals surface area contributed by atoms with Gasteiger partial charge in [0, 0.05) is 51.0 Å². The van der Waals surface area contributed by atoms with Gasteiger partial charge in [-0.05, 0) is 35.6 Å². The normalized spacial score (nSPS) is 18.9. The Balaban J connectivity index is 1.58. The summed E-state index contributed by atoms with van der Waals surface area (Å²) < 4.78 is 5.47. The molecule has 1 saturated heterocycles. The predicted octanol–water partition coefficient (Wildman–Crippen LogP) is 3.96. The van der Waals surface area contributed by atoms with E-state index in [1.54, 1.807) is 14.0 Å². The zero-order valence-corrected chi connectivity index (χ0v) is 23.0. The molecule has 0 aliphatic carbocycles. The van der Waals surface area contributed by atoms with E-state index in [9.17, 15) is 14.4 Å². The van der Waals surface area contributed by atoms with Crippen molar-refractivity contribution in [2.24, 2.45) is 0 Å². The molecule has 0 aromatic heterocycles. The average molecular weight is 519 g/mol. The molecule has 4 rings (SSSR count). The van der Waals surface area contributed by atoms with Crippen LogP contribution in [0, 0.1) is 0 Å². The van der Waals surface area contributed by atoms with Gasteiger partial charge in [-0.15, -0.1) is 0 Å². The first-order valence-corrected chi connectivity index (χ1v) is 13.2. The number of rotatable bonds is 6. The number of benzene rings is 2. The molecule has 0 radical (unpaired) electrons. The zero-order valence-electron chi connectivity index (χ0n) is 23.0. The van der Waals surface area contributed by atoms with E-state index in [0.717, 1.165) is 5.56 Å². The second kappa shape index (κ2) is 11.4. The second-order valence-corrected chi connectivity index (χ2v) is 10.8. The van der Waals surface area contributed by atoms with E-state index < -0.39 is 12.0 Å². The first-order chi connectivity index (χ1) is 18.1. The highest BCUT2D eigenvalue weighted by molar-refractivity contribution is 5.95. The largest absolute Gasteiger partial charge is 0.463 e. The van der Waals surface area contributed by atoms with E-state index in [1.165, 1.54) is 10.5 Å². The Morgan fingerprint density at radius 2 is 1.61 bits per heavy atom. The van der Waals surface area contributed by atoms with Gasteiger partial charge in [0.15, 0.2) is 0 Å². The molecule has 0 saturated carbocycles. The van der Waals surface area contributed by atoms with Crippen LogP contribution < -0.4 is 5.32 Å². The Hall–Kier alpha value is -3.65. The molecule has 2 aliphatic rings. The summed E-state index contributed by atoms with van der Waals surface area (Å²) in [5.74, 6) is -0.415. The molecule has 1 N–H and O–H groups in total. The van der Waals surface area contributed by atoms with Crippen LogP contribution >= 0.6 is 0 Å². The minimum atomic E-state index is -0.609. The SMILES string of the molecule is CCOC(=O)C1=C(CN2CCN(C(=O)c3ccccc3)CC2)N(C)C(=O)N[C@H]1c1ccc(C(C)(C)C)cc1. The molecule has 0 bridgehead atoms. The summed E-state index contributed by atoms with van der Waals surface area (Å²) >= 11 is 0. The lowest BCUT2D eigenvalue weighted by Gasteiger charge is -2.39. The molecule has 0 unspecified atom stereocenters. The quantitative estimate of drug-likeness (QED) is 0.586. The Labute approximate surface area is 225 Å². The van der Waals surface area contributed by atoms with Crippen LogP contribution in [0.3, 0.4) is 0 Å². The molecule has 2 heterocycles. The minimum absolute atomic E-state index is 0.0103. The van der Waals surface area contributed by atoms with Crippen LogP contribution in [0.5, 0.6) is 0 Å². The zero-order chi connectivity index (χ0) is 27.4. The maximum Gasteiger partial charge on any atom is 0.338 e. The topological polar surface area (TPSA) is 82.2 Å². The Bertz CT molecular complexity index is 1190. The minimum Gasteiger partial charge on any atom is -0.463 e. The van der Waals surface area contributed by atoms with E-state index >= 15 is 0 Å². The van der Waals surface area contributed by atoms with Crippen LogP contribution in [0.2, 0.25) is 0 Å². The maximum atomic E-state index is 13.3. The molecular formula is C30H38N4O4. The summed E-state index contributed by atoms with van der Waals surface area (Å²) in [5.41, 5.74) is 3.74. The van der Waals surface area contributed by atoms with Crippen molar-refractivity contribution in [3.8, 4) is 0 Å². The molecule has 8 heteroatoms. The van der Waals surface area contributed by atoms with Crippen LogP contribution in [0.4, 0.5) is 4.79 Å². The molecular weight excluding hydrogens is 480 g/mol. The fourth-order valence-electron chi connectivity index (χ4n) is 4.91. The van der Waals surface area contributed by atoms with Gasteiger partial charge in [0.25, 0.3) is 5.91 Å². The monoisotopic (exact) mass is 518 g/mol. The lowest BCUT2D eigenvalue weighted by Crippen LogP contribution is -2.53. The summed E-state index contributed by atoms with van der Waals surface area (Å²) in [6, 6.07) is 16.4. The van der Waals surface area contributed by atoms with E-state index in [1.807, 2.05) is 59.5 Å². The van der Waals surface area contributed by atoms with Crippen molar-refractivity contribution in [2.75, 3.05) is 46.4 Å². The number of nitrogens with one attached hydrogen (secondary N) is 1. The van der Waals surface area contributed by atoms with Crippen molar-refractivity contribution in [1.29, 1.82) is 0 Å². The lowest BCUT2D eigenvalue weighted by molar-refractivity contribution is -0.139. The van der Waals surface area contributed by atoms with Gasteiger partial charge in [0.05, 0.1) is 18.2 Å². The molecule has 0 spiro atoms. The average Bonchev–Trinajstić information content (AvgIpc) is 2.91. The van der Waals surface area contributed by atoms with Crippen molar-refractivity contribution in [1.82, 2.24) is 20.0 Å². The van der Waals surface area contributed by atoms with Gasteiger partial charge in [-0.2, -0.15) is 0 Å². The van der Waals surface area contributed by atoms with Gasteiger partial charge in [0.2, 0.25) is 0 Å². The summed E-state index contributed by atoms with van der Waals surface area (Å²) in [5, 5.41) is 2.99.